The Balaban J connectivity index is 1.07. The molecule has 1 fully saturated rings. The number of nitrogens with two attached hydrogens (primary N) is 1. The van der Waals surface area contributed by atoms with Gasteiger partial charge in [0.05, 0.1) is 6.54 Å². The molecule has 1 aromatic carbocycles. The number of aromatic nitrogens is 1. The van der Waals surface area contributed by atoms with Crippen molar-refractivity contribution in [3.8, 4) is 11.5 Å². The van der Waals surface area contributed by atoms with Gasteiger partial charge in [-0.05, 0) is 67.6 Å². The van der Waals surface area contributed by atoms with E-state index in [0.717, 1.165) is 5.56 Å². The van der Waals surface area contributed by atoms with Crippen molar-refractivity contribution in [1.29, 1.82) is 0 Å². The van der Waals surface area contributed by atoms with Gasteiger partial charge in [0.2, 0.25) is 0 Å². The van der Waals surface area contributed by atoms with Gasteiger partial charge < -0.3 is 35.7 Å². The number of ether oxygens (including phenoxy) is 3. The zero-order valence-electron chi connectivity index (χ0n) is 20.4. The second-order valence-electron chi connectivity index (χ2n) is 9.53. The minimum absolute atomic E-state index is 0.0734. The van der Waals surface area contributed by atoms with Crippen LogP contribution in [0.1, 0.15) is 17.5 Å². The van der Waals surface area contributed by atoms with E-state index in [1.807, 2.05) is 0 Å². The third-order valence-electron chi connectivity index (χ3n) is 6.70. The molecule has 5 N–H and O–H groups in total. The van der Waals surface area contributed by atoms with Gasteiger partial charge in [0, 0.05) is 6.07 Å². The predicted molar refractivity (Wildman–Crippen MR) is 132 cm³/mol. The van der Waals surface area contributed by atoms with Crippen molar-refractivity contribution >= 4 is 29.6 Å². The Kier molecular flexibility index (Phi) is 7.29. The van der Waals surface area contributed by atoms with E-state index in [4.69, 9.17) is 25.1 Å². The molecule has 2 aromatic rings. The molecule has 1 saturated heterocycles. The van der Waals surface area contributed by atoms with E-state index in [9.17, 15) is 18.8 Å². The number of amides is 2. The maximum Gasteiger partial charge on any atom is 0.415 e. The lowest BCUT2D eigenvalue weighted by Gasteiger charge is -2.19. The third kappa shape index (κ3) is 5.63. The molecule has 2 amide bonds. The van der Waals surface area contributed by atoms with Crippen molar-refractivity contribution in [3.05, 3.63) is 41.2 Å². The lowest BCUT2D eigenvalue weighted by Crippen LogP contribution is -2.36. The van der Waals surface area contributed by atoms with Gasteiger partial charge in [-0.25, -0.2) is 14.2 Å². The van der Waals surface area contributed by atoms with E-state index in [2.05, 4.69) is 15.6 Å². The number of anilines is 2. The lowest BCUT2D eigenvalue weighted by molar-refractivity contribution is -0.139. The summed E-state index contributed by atoms with van der Waals surface area (Å²) in [4.78, 5) is 40.5. The van der Waals surface area contributed by atoms with Crippen LogP contribution in [0, 0.1) is 11.7 Å². The summed E-state index contributed by atoms with van der Waals surface area (Å²) in [5.74, 6) is -0.318. The molecule has 3 aliphatic rings. The van der Waals surface area contributed by atoms with E-state index in [0.29, 0.717) is 56.0 Å². The number of pyridine rings is 1. The van der Waals surface area contributed by atoms with E-state index in [1.165, 1.54) is 11.0 Å². The highest BCUT2D eigenvalue weighted by molar-refractivity contribution is 5.95. The van der Waals surface area contributed by atoms with Gasteiger partial charge in [-0.15, -0.1) is 0 Å². The molecule has 12 nitrogen and oxygen atoms in total. The molecule has 13 heteroatoms. The van der Waals surface area contributed by atoms with Gasteiger partial charge in [-0.1, -0.05) is 0 Å². The Morgan fingerprint density at radius 1 is 1.34 bits per heavy atom. The van der Waals surface area contributed by atoms with E-state index >= 15 is 0 Å². The number of carbonyl (C=O) groups is 3. The number of rotatable bonds is 10. The standard InChI is InChI=1S/C25H28FN5O7/c26-18-8-16(36-11-19(27)24(33)34)7-14-5-13(6-17(14)18)9-28-4-3-15-10-31(25(35)38-15)21-2-1-20-23(29-21)30-22(32)12-37-20/h1-2,7-8,13,15,19,28H,3-6,9-12,27H2,(H,33,34)(H,29,30,32). The number of fused-ring (bicyclic) bond motifs is 2. The quantitative estimate of drug-likeness (QED) is 0.327. The Morgan fingerprint density at radius 2 is 2.18 bits per heavy atom. The smallest absolute Gasteiger partial charge is 0.415 e. The molecular formula is C25H28FN5O7. The Hall–Kier alpha value is -3.97. The maximum absolute atomic E-state index is 14.6. The molecule has 0 radical (unpaired) electrons. The van der Waals surface area contributed by atoms with Crippen LogP contribution in [-0.4, -0.2) is 73.1 Å². The molecule has 2 aliphatic heterocycles. The lowest BCUT2D eigenvalue weighted by atomic mass is 10.1. The van der Waals surface area contributed by atoms with Crippen LogP contribution in [0.2, 0.25) is 0 Å². The monoisotopic (exact) mass is 529 g/mol. The summed E-state index contributed by atoms with van der Waals surface area (Å²) >= 11 is 0. The van der Waals surface area contributed by atoms with Crippen LogP contribution in [0.3, 0.4) is 0 Å². The van der Waals surface area contributed by atoms with E-state index < -0.39 is 18.1 Å². The summed E-state index contributed by atoms with van der Waals surface area (Å²) in [6, 6.07) is 5.13. The van der Waals surface area contributed by atoms with E-state index in [-0.39, 0.29) is 48.5 Å². The maximum atomic E-state index is 14.6. The van der Waals surface area contributed by atoms with E-state index in [1.54, 1.807) is 18.2 Å². The van der Waals surface area contributed by atoms with Crippen LogP contribution < -0.4 is 30.7 Å². The largest absolute Gasteiger partial charge is 0.491 e. The minimum Gasteiger partial charge on any atom is -0.491 e. The second kappa shape index (κ2) is 10.8. The zero-order chi connectivity index (χ0) is 26.8. The molecule has 1 aliphatic carbocycles. The number of hydrogen-bond acceptors (Lipinski definition) is 9. The number of aliphatic carboxylic acids is 1. The van der Waals surface area contributed by atoms with Crippen LogP contribution in [0.25, 0.3) is 0 Å². The number of nitrogens with zero attached hydrogens (tertiary/aromatic N) is 2. The zero-order valence-corrected chi connectivity index (χ0v) is 20.4. The average Bonchev–Trinajstić information content (AvgIpc) is 3.47. The highest BCUT2D eigenvalue weighted by Crippen LogP contribution is 2.33. The fourth-order valence-corrected chi connectivity index (χ4v) is 4.77. The third-order valence-corrected chi connectivity index (χ3v) is 6.70. The highest BCUT2D eigenvalue weighted by Gasteiger charge is 2.34. The van der Waals surface area contributed by atoms with Gasteiger partial charge in [0.15, 0.2) is 18.2 Å². The van der Waals surface area contributed by atoms with Crippen LogP contribution in [-0.2, 0) is 27.2 Å². The molecule has 38 heavy (non-hydrogen) atoms. The molecule has 5 rings (SSSR count). The van der Waals surface area contributed by atoms with Crippen molar-refractivity contribution in [2.45, 2.75) is 31.4 Å². The first-order chi connectivity index (χ1) is 18.3. The average molecular weight is 530 g/mol. The number of carboxylic acid groups (broad SMARTS) is 1. The SMILES string of the molecule is NC(COc1cc(F)c2c(c1)CC(CNCCC1CN(c3ccc4c(n3)NC(=O)CO4)C(=O)O1)C2)C(=O)O. The van der Waals surface area contributed by atoms with Crippen LogP contribution in [0.15, 0.2) is 24.3 Å². The molecule has 0 bridgehead atoms. The highest BCUT2D eigenvalue weighted by atomic mass is 19.1. The molecule has 1 aromatic heterocycles. The summed E-state index contributed by atoms with van der Waals surface area (Å²) in [7, 11) is 0. The molecular weight excluding hydrogens is 501 g/mol. The Labute approximate surface area is 217 Å². The first kappa shape index (κ1) is 25.7. The number of carboxylic acids is 1. The Morgan fingerprint density at radius 3 is 3.00 bits per heavy atom. The predicted octanol–water partition coefficient (Wildman–Crippen LogP) is 1.06. The van der Waals surface area contributed by atoms with Crippen molar-refractivity contribution in [2.75, 3.05) is 43.1 Å². The summed E-state index contributed by atoms with van der Waals surface area (Å²) in [5, 5.41) is 14.9. The minimum atomic E-state index is -1.18. The van der Waals surface area contributed by atoms with Gasteiger partial charge in [0.1, 0.15) is 36.1 Å². The molecule has 0 saturated carbocycles. The van der Waals surface area contributed by atoms with Crippen LogP contribution in [0.4, 0.5) is 20.8 Å². The van der Waals surface area contributed by atoms with Crippen molar-refractivity contribution in [2.24, 2.45) is 11.7 Å². The summed E-state index contributed by atoms with van der Waals surface area (Å²) in [5.41, 5.74) is 6.93. The van der Waals surface area contributed by atoms with Crippen molar-refractivity contribution in [3.63, 3.8) is 0 Å². The number of hydrogen-bond donors (Lipinski definition) is 4. The number of benzene rings is 1. The summed E-state index contributed by atoms with van der Waals surface area (Å²) in [6.45, 7) is 1.27. The molecule has 3 unspecified atom stereocenters. The summed E-state index contributed by atoms with van der Waals surface area (Å²) in [6.07, 6.45) is 1.00. The van der Waals surface area contributed by atoms with Gasteiger partial charge in [0.25, 0.3) is 5.91 Å². The van der Waals surface area contributed by atoms with Gasteiger partial charge >= 0.3 is 12.1 Å². The number of cyclic esters (lactones) is 1. The fraction of sp³-hybridized carbons (Fsp3) is 0.440. The van der Waals surface area contributed by atoms with Crippen molar-refractivity contribution < 1.29 is 38.1 Å². The number of halogens is 1. The fourth-order valence-electron chi connectivity index (χ4n) is 4.77. The summed E-state index contributed by atoms with van der Waals surface area (Å²) < 4.78 is 30.7. The molecule has 3 heterocycles. The van der Waals surface area contributed by atoms with Crippen molar-refractivity contribution in [1.82, 2.24) is 10.3 Å². The van der Waals surface area contributed by atoms with Gasteiger partial charge in [-0.3, -0.25) is 14.5 Å². The number of carbonyl (C=O) groups excluding carboxylic acids is 2. The first-order valence-corrected chi connectivity index (χ1v) is 12.3. The molecule has 0 spiro atoms. The molecule has 202 valence electrons. The second-order valence-corrected chi connectivity index (χ2v) is 9.53. The van der Waals surface area contributed by atoms with Crippen LogP contribution >= 0.6 is 0 Å². The number of nitrogens with one attached hydrogen (secondary N) is 2. The first-order valence-electron chi connectivity index (χ1n) is 12.3. The molecule has 3 atom stereocenters. The Bertz CT molecular complexity index is 1260. The normalized spacial score (nSPS) is 20.7. The topological polar surface area (TPSA) is 165 Å². The van der Waals surface area contributed by atoms with Gasteiger partial charge in [-0.2, -0.15) is 0 Å². The van der Waals surface area contributed by atoms with Crippen LogP contribution in [0.5, 0.6) is 11.5 Å².